The van der Waals surface area contributed by atoms with Gasteiger partial charge in [0, 0.05) is 23.5 Å². The minimum absolute atomic E-state index is 0.128. The maximum Gasteiger partial charge on any atom is 0.155 e. The van der Waals surface area contributed by atoms with Gasteiger partial charge in [-0.25, -0.2) is 23.6 Å². The molecule has 4 aromatic heterocycles. The first-order chi connectivity index (χ1) is 15.1. The van der Waals surface area contributed by atoms with Crippen LogP contribution in [0.3, 0.4) is 0 Å². The fraction of sp³-hybridized carbons (Fsp3) is 0.130. The molecule has 0 amide bonds. The molecule has 1 N–H and O–H groups in total. The average Bonchev–Trinajstić information content (AvgIpc) is 3.40. The number of rotatable bonds is 5. The molecule has 0 aliphatic heterocycles. The van der Waals surface area contributed by atoms with E-state index in [9.17, 15) is 4.39 Å². The van der Waals surface area contributed by atoms with Gasteiger partial charge >= 0.3 is 0 Å². The second-order valence-corrected chi connectivity index (χ2v) is 7.36. The normalized spacial score (nSPS) is 12.2. The van der Waals surface area contributed by atoms with Crippen LogP contribution < -0.4 is 5.32 Å². The Kier molecular flexibility index (Phi) is 4.66. The molecule has 8 heteroatoms. The lowest BCUT2D eigenvalue weighted by Crippen LogP contribution is -2.08. The fourth-order valence-electron chi connectivity index (χ4n) is 3.53. The van der Waals surface area contributed by atoms with Crippen molar-refractivity contribution in [2.24, 2.45) is 0 Å². The minimum atomic E-state index is -0.261. The number of fused-ring (bicyclic) bond motifs is 1. The Morgan fingerprint density at radius 2 is 1.90 bits per heavy atom. The molecule has 1 atom stereocenters. The quantitative estimate of drug-likeness (QED) is 0.456. The van der Waals surface area contributed by atoms with Gasteiger partial charge in [-0.05, 0) is 55.8 Å². The Morgan fingerprint density at radius 1 is 1.03 bits per heavy atom. The Morgan fingerprint density at radius 3 is 2.74 bits per heavy atom. The molecule has 1 aromatic carbocycles. The lowest BCUT2D eigenvalue weighted by atomic mass is 10.1. The van der Waals surface area contributed by atoms with Gasteiger partial charge in [0.05, 0.1) is 11.7 Å². The molecule has 0 fully saturated rings. The Labute approximate surface area is 178 Å². The number of pyridine rings is 2. The summed E-state index contributed by atoms with van der Waals surface area (Å²) >= 11 is 0. The molecule has 0 aliphatic carbocycles. The highest BCUT2D eigenvalue weighted by Crippen LogP contribution is 2.28. The fourth-order valence-corrected chi connectivity index (χ4v) is 3.53. The number of anilines is 1. The summed E-state index contributed by atoms with van der Waals surface area (Å²) in [5.74, 6) is 1.11. The summed E-state index contributed by atoms with van der Waals surface area (Å²) in [5.41, 5.74) is 4.27. The van der Waals surface area contributed by atoms with Crippen molar-refractivity contribution in [3.63, 3.8) is 0 Å². The zero-order valence-electron chi connectivity index (χ0n) is 17.1. The number of halogens is 1. The highest BCUT2D eigenvalue weighted by atomic mass is 19.1. The molecule has 31 heavy (non-hydrogen) atoms. The van der Waals surface area contributed by atoms with Crippen LogP contribution in [0.15, 0.2) is 73.2 Å². The van der Waals surface area contributed by atoms with E-state index in [0.717, 1.165) is 28.2 Å². The Bertz CT molecular complexity index is 1370. The van der Waals surface area contributed by atoms with Crippen LogP contribution >= 0.6 is 0 Å². The van der Waals surface area contributed by atoms with E-state index >= 15 is 0 Å². The summed E-state index contributed by atoms with van der Waals surface area (Å²) < 4.78 is 17.2. The third kappa shape index (κ3) is 3.75. The summed E-state index contributed by atoms with van der Waals surface area (Å²) in [6.07, 6.45) is 3.38. The van der Waals surface area contributed by atoms with E-state index in [2.05, 4.69) is 20.4 Å². The number of nitrogens with zero attached hydrogens (tertiary/aromatic N) is 6. The minimum Gasteiger partial charge on any atom is -0.362 e. The van der Waals surface area contributed by atoms with Crippen LogP contribution in [0.5, 0.6) is 0 Å². The van der Waals surface area contributed by atoms with Crippen LogP contribution in [-0.4, -0.2) is 29.4 Å². The van der Waals surface area contributed by atoms with Crippen molar-refractivity contribution < 1.29 is 4.39 Å². The SMILES string of the molecule is Cc1cccc(-n2nc(NC(C)c3cccc(F)c3)cc2-c2ccn3ncnc3c2)n1. The first-order valence-electron chi connectivity index (χ1n) is 9.93. The topological polar surface area (TPSA) is 72.9 Å². The third-order valence-corrected chi connectivity index (χ3v) is 5.09. The highest BCUT2D eigenvalue weighted by molar-refractivity contribution is 5.68. The zero-order valence-corrected chi connectivity index (χ0v) is 17.1. The van der Waals surface area contributed by atoms with E-state index in [0.29, 0.717) is 11.6 Å². The van der Waals surface area contributed by atoms with E-state index in [1.54, 1.807) is 15.3 Å². The number of aryl methyl sites for hydroxylation is 1. The molecule has 154 valence electrons. The number of hydrogen-bond acceptors (Lipinski definition) is 5. The number of benzene rings is 1. The molecule has 1 unspecified atom stereocenters. The molecule has 7 nitrogen and oxygen atoms in total. The summed E-state index contributed by atoms with van der Waals surface area (Å²) in [7, 11) is 0. The highest BCUT2D eigenvalue weighted by Gasteiger charge is 2.16. The molecule has 0 spiro atoms. The van der Waals surface area contributed by atoms with Crippen LogP contribution in [0.25, 0.3) is 22.7 Å². The molecule has 0 saturated heterocycles. The Hall–Kier alpha value is -4.07. The van der Waals surface area contributed by atoms with Gasteiger partial charge in [-0.1, -0.05) is 18.2 Å². The maximum atomic E-state index is 13.6. The monoisotopic (exact) mass is 413 g/mol. The van der Waals surface area contributed by atoms with Crippen LogP contribution in [0.1, 0.15) is 24.2 Å². The van der Waals surface area contributed by atoms with Gasteiger partial charge in [-0.3, -0.25) is 0 Å². The maximum absolute atomic E-state index is 13.6. The summed E-state index contributed by atoms with van der Waals surface area (Å²) in [4.78, 5) is 8.91. The molecular formula is C23H20FN7. The third-order valence-electron chi connectivity index (χ3n) is 5.09. The van der Waals surface area contributed by atoms with Crippen molar-refractivity contribution in [3.8, 4) is 17.1 Å². The number of hydrogen-bond donors (Lipinski definition) is 1. The molecule has 5 rings (SSSR count). The van der Waals surface area contributed by atoms with Crippen LogP contribution in [0.2, 0.25) is 0 Å². The number of nitrogens with one attached hydrogen (secondary N) is 1. The van der Waals surface area contributed by atoms with Crippen LogP contribution in [0.4, 0.5) is 10.2 Å². The number of aromatic nitrogens is 6. The van der Waals surface area contributed by atoms with Gasteiger partial charge < -0.3 is 5.32 Å². The predicted molar refractivity (Wildman–Crippen MR) is 117 cm³/mol. The average molecular weight is 413 g/mol. The molecule has 0 aliphatic rings. The molecule has 5 aromatic rings. The molecule has 0 bridgehead atoms. The summed E-state index contributed by atoms with van der Waals surface area (Å²) in [6.45, 7) is 3.92. The van der Waals surface area contributed by atoms with Crippen molar-refractivity contribution in [2.45, 2.75) is 19.9 Å². The van der Waals surface area contributed by atoms with Gasteiger partial charge in [-0.15, -0.1) is 5.10 Å². The van der Waals surface area contributed by atoms with E-state index in [-0.39, 0.29) is 11.9 Å². The first-order valence-corrected chi connectivity index (χ1v) is 9.93. The van der Waals surface area contributed by atoms with E-state index in [1.165, 1.54) is 18.5 Å². The van der Waals surface area contributed by atoms with Gasteiger partial charge in [0.1, 0.15) is 18.0 Å². The second-order valence-electron chi connectivity index (χ2n) is 7.36. The summed E-state index contributed by atoms with van der Waals surface area (Å²) in [6, 6.07) is 18.1. The van der Waals surface area contributed by atoms with Gasteiger partial charge in [-0.2, -0.15) is 5.10 Å². The van der Waals surface area contributed by atoms with E-state index < -0.39 is 0 Å². The standard InChI is InChI=1S/C23H20FN7/c1-15-5-3-8-22(27-15)31-20(18-9-10-30-23(12-18)25-14-26-30)13-21(29-31)28-16(2)17-6-4-7-19(24)11-17/h3-14,16H,1-2H3,(H,28,29). The van der Waals surface area contributed by atoms with Gasteiger partial charge in [0.15, 0.2) is 11.5 Å². The molecule has 4 heterocycles. The molecular weight excluding hydrogens is 393 g/mol. The van der Waals surface area contributed by atoms with Crippen molar-refractivity contribution in [2.75, 3.05) is 5.32 Å². The van der Waals surface area contributed by atoms with Gasteiger partial charge in [0.25, 0.3) is 0 Å². The van der Waals surface area contributed by atoms with Crippen molar-refractivity contribution in [1.29, 1.82) is 0 Å². The van der Waals surface area contributed by atoms with Crippen molar-refractivity contribution in [1.82, 2.24) is 29.4 Å². The van der Waals surface area contributed by atoms with Crippen molar-refractivity contribution >= 4 is 11.5 Å². The predicted octanol–water partition coefficient (Wildman–Crippen LogP) is 4.60. The van der Waals surface area contributed by atoms with Crippen molar-refractivity contribution in [3.05, 3.63) is 90.3 Å². The van der Waals surface area contributed by atoms with Crippen LogP contribution in [0, 0.1) is 12.7 Å². The lowest BCUT2D eigenvalue weighted by molar-refractivity contribution is 0.623. The van der Waals surface area contributed by atoms with Gasteiger partial charge in [0.2, 0.25) is 0 Å². The first kappa shape index (κ1) is 18.9. The molecule has 0 radical (unpaired) electrons. The second kappa shape index (κ2) is 7.64. The lowest BCUT2D eigenvalue weighted by Gasteiger charge is -2.13. The van der Waals surface area contributed by atoms with Crippen LogP contribution in [-0.2, 0) is 0 Å². The largest absolute Gasteiger partial charge is 0.362 e. The molecule has 0 saturated carbocycles. The zero-order chi connectivity index (χ0) is 21.4. The Balaban J connectivity index is 1.58. The summed E-state index contributed by atoms with van der Waals surface area (Å²) in [5, 5.41) is 12.3. The van der Waals surface area contributed by atoms with E-state index in [1.807, 2.05) is 62.5 Å². The smallest absolute Gasteiger partial charge is 0.155 e. The van der Waals surface area contributed by atoms with E-state index in [4.69, 9.17) is 5.10 Å².